The average Bonchev–Trinajstić information content (AvgIpc) is 2.65. The lowest BCUT2D eigenvalue weighted by Gasteiger charge is -2.19. The average molecular weight is 406 g/mol. The number of benzene rings is 1. The van der Waals surface area contributed by atoms with Crippen LogP contribution in [-0.4, -0.2) is 20.4 Å². The van der Waals surface area contributed by atoms with Gasteiger partial charge in [-0.05, 0) is 49.9 Å². The van der Waals surface area contributed by atoms with E-state index in [9.17, 15) is 14.4 Å². The molecule has 1 aromatic carbocycles. The maximum absolute atomic E-state index is 12.9. The van der Waals surface area contributed by atoms with Crippen LogP contribution in [0.15, 0.2) is 46.1 Å². The zero-order valence-electron chi connectivity index (χ0n) is 17.9. The highest BCUT2D eigenvalue weighted by molar-refractivity contribution is 5.92. The topological polar surface area (TPSA) is 96.9 Å². The molecule has 2 N–H and O–H groups in total. The molecular weight excluding hydrogens is 380 g/mol. The molecule has 0 saturated heterocycles. The normalized spacial score (nSPS) is 11.0. The third kappa shape index (κ3) is 4.25. The molecule has 2 aromatic heterocycles. The molecule has 0 spiro atoms. The number of amides is 1. The van der Waals surface area contributed by atoms with E-state index in [0.29, 0.717) is 16.9 Å². The first-order chi connectivity index (χ1) is 14.2. The van der Waals surface area contributed by atoms with E-state index in [1.807, 2.05) is 45.9 Å². The molecule has 3 aromatic rings. The fourth-order valence-corrected chi connectivity index (χ4v) is 3.54. The standard InChI is InChI=1S/C23H26N4O3/c1-13(2)20-21(25-19(28)12-17-9-8-14(3)11-15(17)4)27(23(30)26-22(20)29)18-7-6-10-24-16(18)5/h6-11,13H,12H2,1-5H3,(H,25,28)(H,26,29,30). The highest BCUT2D eigenvalue weighted by atomic mass is 16.2. The quantitative estimate of drug-likeness (QED) is 0.680. The molecule has 0 unspecified atom stereocenters. The van der Waals surface area contributed by atoms with Crippen molar-refractivity contribution in [2.24, 2.45) is 0 Å². The van der Waals surface area contributed by atoms with E-state index in [4.69, 9.17) is 0 Å². The number of pyridine rings is 1. The summed E-state index contributed by atoms with van der Waals surface area (Å²) >= 11 is 0. The lowest BCUT2D eigenvalue weighted by atomic mass is 10.0. The Morgan fingerprint density at radius 3 is 2.53 bits per heavy atom. The summed E-state index contributed by atoms with van der Waals surface area (Å²) in [6.07, 6.45) is 1.76. The van der Waals surface area contributed by atoms with Gasteiger partial charge in [-0.3, -0.25) is 19.6 Å². The smallest absolute Gasteiger partial charge is 0.311 e. The van der Waals surface area contributed by atoms with Gasteiger partial charge in [0.15, 0.2) is 0 Å². The third-order valence-electron chi connectivity index (χ3n) is 5.05. The van der Waals surface area contributed by atoms with Crippen molar-refractivity contribution in [1.82, 2.24) is 14.5 Å². The number of anilines is 1. The van der Waals surface area contributed by atoms with Crippen molar-refractivity contribution in [3.8, 4) is 5.69 Å². The molecule has 0 saturated carbocycles. The lowest BCUT2D eigenvalue weighted by Crippen LogP contribution is -2.36. The number of nitrogens with one attached hydrogen (secondary N) is 2. The largest absolute Gasteiger partial charge is 0.334 e. The van der Waals surface area contributed by atoms with Gasteiger partial charge < -0.3 is 5.32 Å². The molecule has 0 aliphatic rings. The first-order valence-corrected chi connectivity index (χ1v) is 9.86. The van der Waals surface area contributed by atoms with Crippen molar-refractivity contribution in [2.75, 3.05) is 5.32 Å². The summed E-state index contributed by atoms with van der Waals surface area (Å²) in [7, 11) is 0. The second kappa shape index (κ2) is 8.49. The van der Waals surface area contributed by atoms with Crippen molar-refractivity contribution in [3.63, 3.8) is 0 Å². The van der Waals surface area contributed by atoms with Gasteiger partial charge in [0.1, 0.15) is 5.82 Å². The maximum Gasteiger partial charge on any atom is 0.334 e. The number of rotatable bonds is 5. The van der Waals surface area contributed by atoms with Crippen molar-refractivity contribution in [2.45, 2.75) is 47.0 Å². The van der Waals surface area contributed by atoms with Crippen LogP contribution in [0.4, 0.5) is 5.82 Å². The fraction of sp³-hybridized carbons (Fsp3) is 0.304. The van der Waals surface area contributed by atoms with Gasteiger partial charge in [0, 0.05) is 6.20 Å². The molecule has 3 rings (SSSR count). The molecule has 7 heteroatoms. The van der Waals surface area contributed by atoms with Crippen LogP contribution in [0.25, 0.3) is 5.69 Å². The summed E-state index contributed by atoms with van der Waals surface area (Å²) in [6, 6.07) is 9.33. The number of aromatic nitrogens is 3. The van der Waals surface area contributed by atoms with E-state index in [0.717, 1.165) is 16.7 Å². The van der Waals surface area contributed by atoms with Gasteiger partial charge in [0.2, 0.25) is 5.91 Å². The first kappa shape index (κ1) is 21.2. The zero-order valence-corrected chi connectivity index (χ0v) is 17.9. The Hall–Kier alpha value is -3.48. The highest BCUT2D eigenvalue weighted by Crippen LogP contribution is 2.23. The third-order valence-corrected chi connectivity index (χ3v) is 5.05. The number of hydrogen-bond acceptors (Lipinski definition) is 4. The van der Waals surface area contributed by atoms with Crippen LogP contribution in [0.3, 0.4) is 0 Å². The van der Waals surface area contributed by atoms with Crippen molar-refractivity contribution >= 4 is 11.7 Å². The number of carbonyl (C=O) groups is 1. The molecule has 1 amide bonds. The van der Waals surface area contributed by atoms with Gasteiger partial charge in [0.05, 0.1) is 23.4 Å². The molecule has 0 aliphatic carbocycles. The molecule has 0 bridgehead atoms. The van der Waals surface area contributed by atoms with Crippen LogP contribution >= 0.6 is 0 Å². The summed E-state index contributed by atoms with van der Waals surface area (Å²) in [4.78, 5) is 44.8. The summed E-state index contributed by atoms with van der Waals surface area (Å²) in [5, 5.41) is 2.83. The number of nitrogens with zero attached hydrogens (tertiary/aromatic N) is 2. The van der Waals surface area contributed by atoms with Gasteiger partial charge in [-0.25, -0.2) is 9.36 Å². The van der Waals surface area contributed by atoms with E-state index in [1.54, 1.807) is 25.3 Å². The van der Waals surface area contributed by atoms with E-state index < -0.39 is 11.2 Å². The fourth-order valence-electron chi connectivity index (χ4n) is 3.54. The molecule has 0 radical (unpaired) electrons. The Kier molecular flexibility index (Phi) is 6.01. The van der Waals surface area contributed by atoms with Gasteiger partial charge in [-0.15, -0.1) is 0 Å². The summed E-state index contributed by atoms with van der Waals surface area (Å²) in [5.41, 5.74) is 3.34. The Labute approximate surface area is 174 Å². The second-order valence-corrected chi connectivity index (χ2v) is 7.77. The SMILES string of the molecule is Cc1ccc(CC(=O)Nc2c(C(C)C)c(=O)[nH]c(=O)n2-c2cccnc2C)c(C)c1. The number of carbonyl (C=O) groups excluding carboxylic acids is 1. The van der Waals surface area contributed by atoms with Crippen LogP contribution in [0.5, 0.6) is 0 Å². The van der Waals surface area contributed by atoms with Crippen molar-refractivity contribution in [1.29, 1.82) is 0 Å². The molecule has 0 atom stereocenters. The van der Waals surface area contributed by atoms with Crippen LogP contribution in [0.2, 0.25) is 0 Å². The van der Waals surface area contributed by atoms with Gasteiger partial charge in [-0.1, -0.05) is 37.6 Å². The van der Waals surface area contributed by atoms with Crippen LogP contribution in [0.1, 0.15) is 47.7 Å². The van der Waals surface area contributed by atoms with Crippen LogP contribution in [-0.2, 0) is 11.2 Å². The van der Waals surface area contributed by atoms with Gasteiger partial charge in [0.25, 0.3) is 5.56 Å². The summed E-state index contributed by atoms with van der Waals surface area (Å²) < 4.78 is 1.32. The van der Waals surface area contributed by atoms with Crippen LogP contribution in [0, 0.1) is 20.8 Å². The van der Waals surface area contributed by atoms with Crippen molar-refractivity contribution in [3.05, 3.63) is 85.3 Å². The number of H-pyrrole nitrogens is 1. The van der Waals surface area contributed by atoms with Crippen molar-refractivity contribution < 1.29 is 4.79 Å². The highest BCUT2D eigenvalue weighted by Gasteiger charge is 2.22. The minimum atomic E-state index is -0.623. The summed E-state index contributed by atoms with van der Waals surface area (Å²) in [6.45, 7) is 9.40. The maximum atomic E-state index is 12.9. The Morgan fingerprint density at radius 2 is 1.90 bits per heavy atom. The van der Waals surface area contributed by atoms with Gasteiger partial charge >= 0.3 is 5.69 Å². The lowest BCUT2D eigenvalue weighted by molar-refractivity contribution is -0.115. The molecule has 30 heavy (non-hydrogen) atoms. The molecule has 156 valence electrons. The van der Waals surface area contributed by atoms with E-state index in [1.165, 1.54) is 4.57 Å². The predicted molar refractivity (Wildman–Crippen MR) is 118 cm³/mol. The monoisotopic (exact) mass is 406 g/mol. The van der Waals surface area contributed by atoms with E-state index in [2.05, 4.69) is 15.3 Å². The zero-order chi connectivity index (χ0) is 22.0. The number of hydrogen-bond donors (Lipinski definition) is 2. The Morgan fingerprint density at radius 1 is 1.17 bits per heavy atom. The minimum Gasteiger partial charge on any atom is -0.311 e. The molecule has 0 aliphatic heterocycles. The van der Waals surface area contributed by atoms with Gasteiger partial charge in [-0.2, -0.15) is 0 Å². The molecule has 7 nitrogen and oxygen atoms in total. The Balaban J connectivity index is 2.12. The van der Waals surface area contributed by atoms with Crippen LogP contribution < -0.4 is 16.6 Å². The predicted octanol–water partition coefficient (Wildman–Crippen LogP) is 3.15. The summed E-state index contributed by atoms with van der Waals surface area (Å²) in [5.74, 6) is -0.331. The Bertz CT molecular complexity index is 1220. The minimum absolute atomic E-state index is 0.136. The molecule has 0 fully saturated rings. The second-order valence-electron chi connectivity index (χ2n) is 7.77. The molecule has 2 heterocycles. The number of aromatic amines is 1. The molecular formula is C23H26N4O3. The number of aryl methyl sites for hydroxylation is 3. The first-order valence-electron chi connectivity index (χ1n) is 9.86. The van der Waals surface area contributed by atoms with E-state index >= 15 is 0 Å². The van der Waals surface area contributed by atoms with E-state index in [-0.39, 0.29) is 24.1 Å².